The Labute approximate surface area is 203 Å². The molecule has 182 valence electrons. The third-order valence-corrected chi connectivity index (χ3v) is 5.68. The van der Waals surface area contributed by atoms with Crippen molar-refractivity contribution in [1.29, 1.82) is 0 Å². The molecule has 4 rings (SSSR count). The normalized spacial score (nSPS) is 11.1. The zero-order chi connectivity index (χ0) is 25.1. The third-order valence-electron chi connectivity index (χ3n) is 5.68. The number of carbonyl (C=O) groups is 1. The van der Waals surface area contributed by atoms with Gasteiger partial charge in [-0.3, -0.25) is 14.3 Å². The lowest BCUT2D eigenvalue weighted by atomic mass is 10.1. The molecule has 2 aromatic carbocycles. The first-order valence-corrected chi connectivity index (χ1v) is 11.4. The molecule has 0 aliphatic heterocycles. The van der Waals surface area contributed by atoms with Crippen LogP contribution in [0.15, 0.2) is 53.6 Å². The first kappa shape index (κ1) is 24.0. The van der Waals surface area contributed by atoms with Crippen LogP contribution in [0.1, 0.15) is 42.3 Å². The molecule has 4 aromatic rings. The van der Waals surface area contributed by atoms with E-state index in [9.17, 15) is 9.59 Å². The molecule has 0 fully saturated rings. The van der Waals surface area contributed by atoms with Crippen molar-refractivity contribution in [2.75, 3.05) is 11.9 Å². The number of aromatic nitrogens is 4. The highest BCUT2D eigenvalue weighted by Gasteiger charge is 2.12. The zero-order valence-electron chi connectivity index (χ0n) is 20.5. The van der Waals surface area contributed by atoms with Crippen molar-refractivity contribution in [1.82, 2.24) is 19.2 Å². The molecule has 2 heterocycles. The molecule has 35 heavy (non-hydrogen) atoms. The van der Waals surface area contributed by atoms with Crippen LogP contribution in [0.5, 0.6) is 11.5 Å². The molecule has 0 radical (unpaired) electrons. The highest BCUT2D eigenvalue weighted by Crippen LogP contribution is 2.24. The summed E-state index contributed by atoms with van der Waals surface area (Å²) in [7, 11) is 0. The van der Waals surface area contributed by atoms with Crippen LogP contribution in [0.2, 0.25) is 0 Å². The van der Waals surface area contributed by atoms with Crippen molar-refractivity contribution in [3.8, 4) is 11.5 Å². The number of hydrogen-bond acceptors (Lipinski definition) is 6. The predicted molar refractivity (Wildman–Crippen MR) is 133 cm³/mol. The summed E-state index contributed by atoms with van der Waals surface area (Å²) < 4.78 is 14.7. The molecule has 0 saturated heterocycles. The monoisotopic (exact) mass is 475 g/mol. The maximum Gasteiger partial charge on any atom is 0.274 e. The fourth-order valence-electron chi connectivity index (χ4n) is 3.55. The van der Waals surface area contributed by atoms with Crippen molar-refractivity contribution in [2.24, 2.45) is 0 Å². The fourth-order valence-corrected chi connectivity index (χ4v) is 3.55. The number of fused-ring (bicyclic) bond motifs is 1. The third kappa shape index (κ3) is 5.51. The zero-order valence-corrected chi connectivity index (χ0v) is 20.5. The minimum Gasteiger partial charge on any atom is -0.487 e. The minimum absolute atomic E-state index is 0.0774. The van der Waals surface area contributed by atoms with E-state index in [0.717, 1.165) is 11.1 Å². The summed E-state index contributed by atoms with van der Waals surface area (Å²) in [5.41, 5.74) is 3.99. The first-order chi connectivity index (χ1) is 16.7. The van der Waals surface area contributed by atoms with Gasteiger partial charge in [0.25, 0.3) is 17.2 Å². The standard InChI is InChI=1S/C26H29N5O4/c1-16(2)30-15-27-26-29-21(12-25(33)31(26)30)13-35-23-11-20(8-6-18(23)4)28-24(32)14-34-22-9-7-17(3)19(5)10-22/h6-12,15-16H,13-14H2,1-5H3,(H,28,32). The molecule has 0 aliphatic rings. The summed E-state index contributed by atoms with van der Waals surface area (Å²) in [4.78, 5) is 33.6. The van der Waals surface area contributed by atoms with Crippen LogP contribution in [-0.4, -0.2) is 31.7 Å². The number of benzene rings is 2. The van der Waals surface area contributed by atoms with E-state index >= 15 is 0 Å². The van der Waals surface area contributed by atoms with Gasteiger partial charge in [-0.05, 0) is 69.5 Å². The molecule has 9 heteroatoms. The van der Waals surface area contributed by atoms with Crippen LogP contribution in [0.25, 0.3) is 5.78 Å². The van der Waals surface area contributed by atoms with Gasteiger partial charge in [0.05, 0.1) is 5.69 Å². The molecule has 0 saturated carbocycles. The SMILES string of the molecule is Cc1ccc(OCC(=O)Nc2ccc(C)c(OCc3cc(=O)n4c(ncn4C(C)C)n3)c2)cc1C. The van der Waals surface area contributed by atoms with Crippen LogP contribution >= 0.6 is 0 Å². The van der Waals surface area contributed by atoms with Crippen molar-refractivity contribution >= 4 is 17.4 Å². The molecule has 2 aromatic heterocycles. The topological polar surface area (TPSA) is 99.7 Å². The van der Waals surface area contributed by atoms with Gasteiger partial charge in [0.1, 0.15) is 24.4 Å². The van der Waals surface area contributed by atoms with Crippen molar-refractivity contribution in [3.63, 3.8) is 0 Å². The Kier molecular flexibility index (Phi) is 6.86. The minimum atomic E-state index is -0.279. The van der Waals surface area contributed by atoms with Crippen LogP contribution < -0.4 is 20.3 Å². The van der Waals surface area contributed by atoms with Gasteiger partial charge in [0.15, 0.2) is 6.61 Å². The van der Waals surface area contributed by atoms with Gasteiger partial charge in [-0.1, -0.05) is 12.1 Å². The van der Waals surface area contributed by atoms with Gasteiger partial charge in [-0.25, -0.2) is 4.98 Å². The van der Waals surface area contributed by atoms with E-state index in [4.69, 9.17) is 9.47 Å². The van der Waals surface area contributed by atoms with Crippen LogP contribution in [-0.2, 0) is 11.4 Å². The largest absolute Gasteiger partial charge is 0.487 e. The van der Waals surface area contributed by atoms with E-state index in [1.165, 1.54) is 16.1 Å². The van der Waals surface area contributed by atoms with Gasteiger partial charge in [-0.2, -0.15) is 9.50 Å². The summed E-state index contributed by atoms with van der Waals surface area (Å²) in [6, 6.07) is 12.6. The van der Waals surface area contributed by atoms with Crippen molar-refractivity contribution < 1.29 is 14.3 Å². The van der Waals surface area contributed by atoms with Gasteiger partial charge in [-0.15, -0.1) is 0 Å². The summed E-state index contributed by atoms with van der Waals surface area (Å²) >= 11 is 0. The number of ether oxygens (including phenoxy) is 2. The van der Waals surface area contributed by atoms with Crippen LogP contribution in [0, 0.1) is 20.8 Å². The van der Waals surface area contributed by atoms with Crippen LogP contribution in [0.3, 0.4) is 0 Å². The summed E-state index contributed by atoms with van der Waals surface area (Å²) in [6.45, 7) is 9.84. The maximum absolute atomic E-state index is 12.6. The van der Waals surface area contributed by atoms with E-state index < -0.39 is 0 Å². The number of aryl methyl sites for hydroxylation is 3. The lowest BCUT2D eigenvalue weighted by Crippen LogP contribution is -2.23. The number of nitrogens with zero attached hydrogens (tertiary/aromatic N) is 4. The van der Waals surface area contributed by atoms with E-state index in [-0.39, 0.29) is 30.7 Å². The Balaban J connectivity index is 1.40. The van der Waals surface area contributed by atoms with E-state index in [1.807, 2.05) is 58.9 Å². The number of rotatable bonds is 8. The average Bonchev–Trinajstić information content (AvgIpc) is 3.25. The molecule has 1 N–H and O–H groups in total. The van der Waals surface area contributed by atoms with Crippen molar-refractivity contribution in [2.45, 2.75) is 47.3 Å². The molecular weight excluding hydrogens is 446 g/mol. The maximum atomic E-state index is 12.6. The lowest BCUT2D eigenvalue weighted by molar-refractivity contribution is -0.118. The molecular formula is C26H29N5O4. The highest BCUT2D eigenvalue weighted by atomic mass is 16.5. The smallest absolute Gasteiger partial charge is 0.274 e. The number of hydrogen-bond donors (Lipinski definition) is 1. The molecule has 1 amide bonds. The number of nitrogens with one attached hydrogen (secondary N) is 1. The van der Waals surface area contributed by atoms with E-state index in [0.29, 0.717) is 28.7 Å². The Morgan fingerprint density at radius 2 is 1.77 bits per heavy atom. The predicted octanol–water partition coefficient (Wildman–Crippen LogP) is 3.99. The molecule has 0 aliphatic carbocycles. The van der Waals surface area contributed by atoms with Gasteiger partial charge in [0.2, 0.25) is 0 Å². The Morgan fingerprint density at radius 1 is 1.00 bits per heavy atom. The summed E-state index contributed by atoms with van der Waals surface area (Å²) in [6.07, 6.45) is 1.60. The molecule has 9 nitrogen and oxygen atoms in total. The molecule has 0 atom stereocenters. The average molecular weight is 476 g/mol. The van der Waals surface area contributed by atoms with Crippen LogP contribution in [0.4, 0.5) is 5.69 Å². The number of amides is 1. The fraction of sp³-hybridized carbons (Fsp3) is 0.308. The number of anilines is 1. The second-order valence-electron chi connectivity index (χ2n) is 8.77. The van der Waals surface area contributed by atoms with Gasteiger partial charge < -0.3 is 14.8 Å². The Hall–Kier alpha value is -4.14. The lowest BCUT2D eigenvalue weighted by Gasteiger charge is -2.13. The summed E-state index contributed by atoms with van der Waals surface area (Å²) in [5.74, 6) is 1.27. The summed E-state index contributed by atoms with van der Waals surface area (Å²) in [5, 5.41) is 2.82. The second kappa shape index (κ2) is 10.0. The first-order valence-electron chi connectivity index (χ1n) is 11.4. The molecule has 0 spiro atoms. The quantitative estimate of drug-likeness (QED) is 0.414. The van der Waals surface area contributed by atoms with Crippen molar-refractivity contribution in [3.05, 3.63) is 81.5 Å². The number of carbonyl (C=O) groups excluding carboxylic acids is 1. The second-order valence-corrected chi connectivity index (χ2v) is 8.77. The van der Waals surface area contributed by atoms with E-state index in [2.05, 4.69) is 15.3 Å². The van der Waals surface area contributed by atoms with Gasteiger partial charge in [0, 0.05) is 23.9 Å². The highest BCUT2D eigenvalue weighted by molar-refractivity contribution is 5.92. The molecule has 0 unspecified atom stereocenters. The molecule has 0 bridgehead atoms. The Morgan fingerprint density at radius 3 is 2.51 bits per heavy atom. The van der Waals surface area contributed by atoms with E-state index in [1.54, 1.807) is 23.1 Å². The van der Waals surface area contributed by atoms with Gasteiger partial charge >= 0.3 is 0 Å². The Bertz CT molecular complexity index is 1440.